The zero-order valence-electron chi connectivity index (χ0n) is 8.69. The SMILES string of the molecule is CCN(CC)N(O)NOCOC(C)=O. The monoisotopic (exact) mass is 207 g/mol. The Morgan fingerprint density at radius 1 is 1.43 bits per heavy atom. The summed E-state index contributed by atoms with van der Waals surface area (Å²) >= 11 is 0. The Hall–Kier alpha value is -0.730. The number of esters is 1. The summed E-state index contributed by atoms with van der Waals surface area (Å²) in [5.74, 6) is -0.445. The molecule has 14 heavy (non-hydrogen) atoms. The Morgan fingerprint density at radius 3 is 2.43 bits per heavy atom. The molecule has 0 aromatic heterocycles. The molecule has 7 heteroatoms. The lowest BCUT2D eigenvalue weighted by Gasteiger charge is -2.26. The fourth-order valence-electron chi connectivity index (χ4n) is 0.746. The van der Waals surface area contributed by atoms with Gasteiger partial charge in [-0.1, -0.05) is 19.4 Å². The van der Waals surface area contributed by atoms with Crippen molar-refractivity contribution < 1.29 is 19.6 Å². The second-order valence-corrected chi connectivity index (χ2v) is 2.42. The van der Waals surface area contributed by atoms with Crippen LogP contribution in [0.3, 0.4) is 0 Å². The molecule has 0 aromatic rings. The maximum absolute atomic E-state index is 10.3. The smallest absolute Gasteiger partial charge is 0.304 e. The molecule has 0 radical (unpaired) electrons. The molecule has 0 saturated carbocycles. The first-order valence-electron chi connectivity index (χ1n) is 4.36. The molecule has 0 unspecified atom stereocenters. The van der Waals surface area contributed by atoms with Gasteiger partial charge in [-0.2, -0.15) is 0 Å². The van der Waals surface area contributed by atoms with Gasteiger partial charge < -0.3 is 4.74 Å². The van der Waals surface area contributed by atoms with Gasteiger partial charge in [-0.25, -0.2) is 9.85 Å². The number of nitrogens with one attached hydrogen (secondary N) is 1. The van der Waals surface area contributed by atoms with Crippen LogP contribution < -0.4 is 5.59 Å². The van der Waals surface area contributed by atoms with Crippen LogP contribution in [0.15, 0.2) is 0 Å². The lowest BCUT2D eigenvalue weighted by atomic mass is 10.6. The summed E-state index contributed by atoms with van der Waals surface area (Å²) in [4.78, 5) is 15.0. The Kier molecular flexibility index (Phi) is 7.25. The minimum absolute atomic E-state index is 0.256. The number of rotatable bonds is 7. The number of carbonyl (C=O) groups excluding carboxylic acids is 1. The molecule has 0 bridgehead atoms. The highest BCUT2D eigenvalue weighted by Crippen LogP contribution is 1.89. The maximum Gasteiger partial charge on any atom is 0.304 e. The average molecular weight is 207 g/mol. The van der Waals surface area contributed by atoms with E-state index in [1.165, 1.54) is 6.92 Å². The third kappa shape index (κ3) is 5.84. The van der Waals surface area contributed by atoms with Crippen LogP contribution in [0.5, 0.6) is 0 Å². The topological polar surface area (TPSA) is 74.3 Å². The van der Waals surface area contributed by atoms with E-state index >= 15 is 0 Å². The molecule has 0 amide bonds. The molecule has 0 saturated heterocycles. The van der Waals surface area contributed by atoms with Gasteiger partial charge in [-0.15, -0.1) is 0 Å². The molecule has 2 N–H and O–H groups in total. The van der Waals surface area contributed by atoms with Gasteiger partial charge in [-0.05, 0) is 5.28 Å². The van der Waals surface area contributed by atoms with E-state index in [0.717, 1.165) is 0 Å². The second-order valence-electron chi connectivity index (χ2n) is 2.42. The van der Waals surface area contributed by atoms with Crippen molar-refractivity contribution >= 4 is 5.97 Å². The largest absolute Gasteiger partial charge is 0.437 e. The highest BCUT2D eigenvalue weighted by molar-refractivity contribution is 5.65. The van der Waals surface area contributed by atoms with Gasteiger partial charge in [0.15, 0.2) is 0 Å². The number of hydrogen-bond donors (Lipinski definition) is 2. The highest BCUT2D eigenvalue weighted by Gasteiger charge is 2.07. The molecule has 0 fully saturated rings. The molecule has 0 aliphatic carbocycles. The predicted octanol–water partition coefficient (Wildman–Crippen LogP) is -0.109. The molecule has 0 heterocycles. The van der Waals surface area contributed by atoms with E-state index < -0.39 is 5.97 Å². The second kappa shape index (κ2) is 7.65. The van der Waals surface area contributed by atoms with Gasteiger partial charge in [-0.3, -0.25) is 10.0 Å². The molecule has 0 aliphatic heterocycles. The Bertz CT molecular complexity index is 163. The Labute approximate surface area is 83.0 Å². The van der Waals surface area contributed by atoms with Crippen molar-refractivity contribution in [3.63, 3.8) is 0 Å². The van der Waals surface area contributed by atoms with E-state index in [1.54, 1.807) is 5.01 Å². The minimum atomic E-state index is -0.445. The van der Waals surface area contributed by atoms with Crippen LogP contribution in [0, 0.1) is 0 Å². The molecule has 0 aliphatic rings. The van der Waals surface area contributed by atoms with E-state index in [9.17, 15) is 10.0 Å². The zero-order chi connectivity index (χ0) is 11.0. The van der Waals surface area contributed by atoms with Gasteiger partial charge >= 0.3 is 5.97 Å². The van der Waals surface area contributed by atoms with Crippen LogP contribution in [0.4, 0.5) is 0 Å². The summed E-state index contributed by atoms with van der Waals surface area (Å²) in [6.45, 7) is 6.01. The van der Waals surface area contributed by atoms with Crippen molar-refractivity contribution in [3.8, 4) is 0 Å². The van der Waals surface area contributed by atoms with E-state index in [1.807, 2.05) is 13.8 Å². The fraction of sp³-hybridized carbons (Fsp3) is 0.857. The van der Waals surface area contributed by atoms with Gasteiger partial charge in [0.05, 0.1) is 0 Å². The average Bonchev–Trinajstić information content (AvgIpc) is 2.14. The van der Waals surface area contributed by atoms with E-state index in [-0.39, 0.29) is 6.79 Å². The van der Waals surface area contributed by atoms with Crippen molar-refractivity contribution in [1.29, 1.82) is 0 Å². The summed E-state index contributed by atoms with van der Waals surface area (Å²) in [6, 6.07) is 0. The quantitative estimate of drug-likeness (QED) is 0.261. The summed E-state index contributed by atoms with van der Waals surface area (Å²) in [6.07, 6.45) is 0. The third-order valence-corrected chi connectivity index (χ3v) is 1.47. The number of carbonyl (C=O) groups is 1. The molecule has 0 atom stereocenters. The number of nitrogens with zero attached hydrogens (tertiary/aromatic N) is 2. The summed E-state index contributed by atoms with van der Waals surface area (Å²) in [7, 11) is 0. The Morgan fingerprint density at radius 2 is 2.00 bits per heavy atom. The van der Waals surface area contributed by atoms with Gasteiger partial charge in [0.2, 0.25) is 6.79 Å². The first kappa shape index (κ1) is 13.3. The van der Waals surface area contributed by atoms with E-state index in [2.05, 4.69) is 15.2 Å². The summed E-state index contributed by atoms with van der Waals surface area (Å²) in [5, 5.41) is 11.5. The van der Waals surface area contributed by atoms with Gasteiger partial charge in [0.25, 0.3) is 0 Å². The van der Waals surface area contributed by atoms with Crippen LogP contribution in [-0.4, -0.2) is 41.3 Å². The molecule has 0 aromatic carbocycles. The normalized spacial score (nSPS) is 11.0. The van der Waals surface area contributed by atoms with Crippen LogP contribution in [0.1, 0.15) is 20.8 Å². The number of hydrogen-bond acceptors (Lipinski definition) is 7. The molecule has 7 nitrogen and oxygen atoms in total. The minimum Gasteiger partial charge on any atom is -0.437 e. The molecule has 0 rings (SSSR count). The van der Waals surface area contributed by atoms with Crippen molar-refractivity contribution in [2.45, 2.75) is 20.8 Å². The van der Waals surface area contributed by atoms with Crippen LogP contribution >= 0.6 is 0 Å². The lowest BCUT2D eigenvalue weighted by Crippen LogP contribution is -2.48. The Balaban J connectivity index is 3.51. The van der Waals surface area contributed by atoms with Gasteiger partial charge in [0, 0.05) is 20.0 Å². The van der Waals surface area contributed by atoms with Crippen LogP contribution in [0.2, 0.25) is 0 Å². The van der Waals surface area contributed by atoms with E-state index in [0.29, 0.717) is 18.4 Å². The van der Waals surface area contributed by atoms with E-state index in [4.69, 9.17) is 0 Å². The summed E-state index contributed by atoms with van der Waals surface area (Å²) < 4.78 is 4.46. The zero-order valence-corrected chi connectivity index (χ0v) is 8.69. The predicted molar refractivity (Wildman–Crippen MR) is 47.4 cm³/mol. The highest BCUT2D eigenvalue weighted by atomic mass is 16.8. The standard InChI is InChI=1S/C7H17N3O4/c1-4-9(5-2)10(12)8-14-6-13-7(3)11/h8,12H,4-6H2,1-3H3. The van der Waals surface area contributed by atoms with Crippen molar-refractivity contribution in [2.75, 3.05) is 19.9 Å². The lowest BCUT2D eigenvalue weighted by molar-refractivity contribution is -0.352. The third-order valence-electron chi connectivity index (χ3n) is 1.47. The van der Waals surface area contributed by atoms with Gasteiger partial charge in [0.1, 0.15) is 0 Å². The first-order valence-corrected chi connectivity index (χ1v) is 4.36. The fourth-order valence-corrected chi connectivity index (χ4v) is 0.746. The number of hydrazine groups is 2. The van der Waals surface area contributed by atoms with Crippen molar-refractivity contribution in [3.05, 3.63) is 0 Å². The first-order chi connectivity index (χ1) is 6.61. The summed E-state index contributed by atoms with van der Waals surface area (Å²) in [5.41, 5.74) is 2.18. The van der Waals surface area contributed by atoms with Crippen molar-refractivity contribution in [2.24, 2.45) is 0 Å². The molecule has 84 valence electrons. The maximum atomic E-state index is 10.3. The molecule has 0 spiro atoms. The van der Waals surface area contributed by atoms with Crippen LogP contribution in [0.25, 0.3) is 0 Å². The number of ether oxygens (including phenoxy) is 1. The molecular formula is C7H17N3O4. The van der Waals surface area contributed by atoms with Crippen LogP contribution in [-0.2, 0) is 14.4 Å². The molecular weight excluding hydrogens is 190 g/mol. The van der Waals surface area contributed by atoms with Crippen molar-refractivity contribution in [1.82, 2.24) is 15.9 Å².